The summed E-state index contributed by atoms with van der Waals surface area (Å²) in [6, 6.07) is 122. The van der Waals surface area contributed by atoms with Crippen LogP contribution in [-0.4, -0.2) is 0 Å². The SMILES string of the molecule is c1ccc(-c2c3c4cccc5cccc(c3c(-c3ccccc3)c3c6ccc(-c7cccc8ccccc78)c7cccc(c23)c76)c54)cc1.c1ccc(-c2c3c4cccc5cccc(c3c(-c3ccccc3)c3c6ccc7c8cccc9cccc(c%10ccc(c23)c6c%107)c98)c54)cc1. The summed E-state index contributed by atoms with van der Waals surface area (Å²) in [6.07, 6.45) is 0. The molecule has 0 atom stereocenters. The molecule has 0 aliphatic rings. The lowest BCUT2D eigenvalue weighted by atomic mass is 9.87. The molecule has 0 aliphatic carbocycles. The van der Waals surface area contributed by atoms with E-state index in [1.807, 2.05) is 0 Å². The van der Waals surface area contributed by atoms with E-state index in [0.717, 1.165) is 0 Å². The fourth-order valence-corrected chi connectivity index (χ4v) is 18.4. The zero-order chi connectivity index (χ0) is 62.4. The lowest BCUT2D eigenvalue weighted by molar-refractivity contribution is 1.68. The highest BCUT2D eigenvalue weighted by Crippen LogP contribution is 2.59. The number of hydrogen-bond acceptors (Lipinski definition) is 0. The molecular weight excluding hydrogens is 1150 g/mol. The normalized spacial score (nSPS) is 12.4. The van der Waals surface area contributed by atoms with E-state index >= 15 is 0 Å². The number of hydrogen-bond donors (Lipinski definition) is 0. The summed E-state index contributed by atoms with van der Waals surface area (Å²) >= 11 is 0. The van der Waals surface area contributed by atoms with Crippen molar-refractivity contribution in [3.8, 4) is 55.6 Å². The zero-order valence-corrected chi connectivity index (χ0v) is 52.2. The van der Waals surface area contributed by atoms with Gasteiger partial charge in [-0.3, -0.25) is 0 Å². The monoisotopic (exact) mass is 1210 g/mol. The second-order valence-corrected chi connectivity index (χ2v) is 26.6. The molecule has 23 aromatic rings. The van der Waals surface area contributed by atoms with Crippen LogP contribution in [-0.2, 0) is 0 Å². The predicted molar refractivity (Wildman–Crippen MR) is 416 cm³/mol. The molecule has 0 spiro atoms. The molecule has 0 N–H and O–H groups in total. The van der Waals surface area contributed by atoms with Gasteiger partial charge >= 0.3 is 0 Å². The molecule has 0 radical (unpaired) electrons. The Morgan fingerprint density at radius 3 is 0.750 bits per heavy atom. The van der Waals surface area contributed by atoms with E-state index in [2.05, 4.69) is 328 Å². The van der Waals surface area contributed by atoms with Crippen LogP contribution in [0, 0.1) is 0 Å². The number of benzene rings is 19. The molecule has 23 rings (SSSR count). The second kappa shape index (κ2) is 19.5. The van der Waals surface area contributed by atoms with Crippen molar-refractivity contribution >= 4 is 172 Å². The highest BCUT2D eigenvalue weighted by Gasteiger charge is 2.31. The molecule has 0 unspecified atom stereocenters. The van der Waals surface area contributed by atoms with Crippen LogP contribution in [0.3, 0.4) is 0 Å². The molecule has 0 bridgehead atoms. The maximum absolute atomic E-state index is 2.43. The van der Waals surface area contributed by atoms with Gasteiger partial charge in [0, 0.05) is 0 Å². The van der Waals surface area contributed by atoms with E-state index in [0.29, 0.717) is 0 Å². The smallest absolute Gasteiger partial charge is 0.000717 e. The van der Waals surface area contributed by atoms with E-state index in [1.54, 1.807) is 0 Å². The van der Waals surface area contributed by atoms with Crippen molar-refractivity contribution in [1.82, 2.24) is 0 Å². The third-order valence-electron chi connectivity index (χ3n) is 22.0. The van der Waals surface area contributed by atoms with Crippen molar-refractivity contribution in [2.24, 2.45) is 0 Å². The van der Waals surface area contributed by atoms with E-state index in [9.17, 15) is 0 Å². The van der Waals surface area contributed by atoms with Crippen LogP contribution in [0.25, 0.3) is 228 Å². The van der Waals surface area contributed by atoms with Crippen LogP contribution in [0.5, 0.6) is 0 Å². The molecule has 0 saturated carbocycles. The Hall–Kier alpha value is -12.5. The Morgan fingerprint density at radius 1 is 0.104 bits per heavy atom. The molecule has 0 amide bonds. The summed E-state index contributed by atoms with van der Waals surface area (Å²) in [7, 11) is 0. The highest BCUT2D eigenvalue weighted by molar-refractivity contribution is 6.51. The summed E-state index contributed by atoms with van der Waals surface area (Å²) in [5.74, 6) is 0. The number of rotatable bonds is 5. The van der Waals surface area contributed by atoms with Crippen molar-refractivity contribution in [3.05, 3.63) is 328 Å². The molecule has 0 saturated heterocycles. The van der Waals surface area contributed by atoms with Crippen LogP contribution in [0.1, 0.15) is 0 Å². The standard InChI is InChI=1S/C48H26.C48H28/c1-3-11-29(12-4-1)41-45-35-21-9-17-28-18-10-22-36(40(28)35)46(45)42(30-13-5-2-6-14-30)48-38-26-24-34-32-20-8-16-27-15-7-19-31(39(27)32)33-23-25-37(47(41)48)44(38)43(33)34;1-3-14-31(15-4-1)42-45-37-24-10-19-30-20-11-25-38(41(30)37)46(45)43(32-16-5-2-6-17-32)48-40-28-27-35(36-23-12-26-39(44(36)40)47(42)48)34-22-9-18-29-13-7-8-21-33(29)34/h1-26H;1-28H. The first-order chi connectivity index (χ1) is 47.7. The first kappa shape index (κ1) is 52.1. The average molecular weight is 1210 g/mol. The van der Waals surface area contributed by atoms with Crippen LogP contribution in [0.15, 0.2) is 328 Å². The van der Waals surface area contributed by atoms with Gasteiger partial charge in [0.1, 0.15) is 0 Å². The highest BCUT2D eigenvalue weighted by atomic mass is 14.3. The summed E-state index contributed by atoms with van der Waals surface area (Å²) in [4.78, 5) is 0. The van der Waals surface area contributed by atoms with Crippen molar-refractivity contribution in [2.75, 3.05) is 0 Å². The maximum Gasteiger partial charge on any atom is -0.000717 e. The van der Waals surface area contributed by atoms with Gasteiger partial charge in [0.15, 0.2) is 0 Å². The second-order valence-electron chi connectivity index (χ2n) is 26.6. The Kier molecular flexibility index (Phi) is 10.6. The van der Waals surface area contributed by atoms with E-state index in [1.165, 1.54) is 228 Å². The van der Waals surface area contributed by atoms with Gasteiger partial charge in [-0.1, -0.05) is 328 Å². The predicted octanol–water partition coefficient (Wildman–Crippen LogP) is 27.3. The average Bonchev–Trinajstić information content (AvgIpc) is 1.53. The Labute approximate surface area is 552 Å². The Bertz CT molecular complexity index is 6790. The molecule has 0 heteroatoms. The molecule has 0 aromatic heterocycles. The van der Waals surface area contributed by atoms with E-state index in [4.69, 9.17) is 0 Å². The minimum atomic E-state index is 1.26. The van der Waals surface area contributed by atoms with E-state index in [-0.39, 0.29) is 0 Å². The molecule has 438 valence electrons. The van der Waals surface area contributed by atoms with Gasteiger partial charge < -0.3 is 0 Å². The van der Waals surface area contributed by atoms with E-state index < -0.39 is 0 Å². The Morgan fingerprint density at radius 2 is 0.333 bits per heavy atom. The molecular formula is C96H54. The maximum atomic E-state index is 2.43. The van der Waals surface area contributed by atoms with Gasteiger partial charge in [-0.15, -0.1) is 0 Å². The van der Waals surface area contributed by atoms with Crippen molar-refractivity contribution in [3.63, 3.8) is 0 Å². The lowest BCUT2D eigenvalue weighted by Crippen LogP contribution is -1.87. The molecule has 0 aliphatic heterocycles. The summed E-state index contributed by atoms with van der Waals surface area (Å²) < 4.78 is 0. The van der Waals surface area contributed by atoms with Crippen LogP contribution in [0.2, 0.25) is 0 Å². The third kappa shape index (κ3) is 6.86. The lowest BCUT2D eigenvalue weighted by Gasteiger charge is -2.15. The first-order valence-corrected chi connectivity index (χ1v) is 33.7. The van der Waals surface area contributed by atoms with Gasteiger partial charge in [0.25, 0.3) is 0 Å². The summed E-state index contributed by atoms with van der Waals surface area (Å²) in [5.41, 5.74) is 13.0. The van der Waals surface area contributed by atoms with Crippen molar-refractivity contribution in [1.29, 1.82) is 0 Å². The topological polar surface area (TPSA) is 0 Å². The zero-order valence-electron chi connectivity index (χ0n) is 52.2. The van der Waals surface area contributed by atoms with Gasteiger partial charge in [-0.2, -0.15) is 0 Å². The first-order valence-electron chi connectivity index (χ1n) is 33.7. The molecule has 0 fully saturated rings. The molecule has 0 nitrogen and oxygen atoms in total. The van der Waals surface area contributed by atoms with Crippen LogP contribution in [0.4, 0.5) is 0 Å². The fourth-order valence-electron chi connectivity index (χ4n) is 18.4. The quantitative estimate of drug-likeness (QED) is 0.119. The summed E-state index contributed by atoms with van der Waals surface area (Å²) in [5, 5.41) is 42.8. The molecule has 23 aromatic carbocycles. The number of fused-ring (bicyclic) bond motifs is 15. The van der Waals surface area contributed by atoms with Gasteiger partial charge in [-0.25, -0.2) is 0 Å². The van der Waals surface area contributed by atoms with Crippen molar-refractivity contribution in [2.45, 2.75) is 0 Å². The summed E-state index contributed by atoms with van der Waals surface area (Å²) in [6.45, 7) is 0. The largest absolute Gasteiger partial charge is 0.0622 e. The fraction of sp³-hybridized carbons (Fsp3) is 0. The van der Waals surface area contributed by atoms with Crippen LogP contribution < -0.4 is 0 Å². The van der Waals surface area contributed by atoms with Gasteiger partial charge in [0.2, 0.25) is 0 Å². The molecule has 0 heterocycles. The minimum absolute atomic E-state index is 1.26. The van der Waals surface area contributed by atoms with Crippen LogP contribution >= 0.6 is 0 Å². The Balaban J connectivity index is 0.000000124. The van der Waals surface area contributed by atoms with Gasteiger partial charge in [0.05, 0.1) is 0 Å². The molecule has 96 heavy (non-hydrogen) atoms. The van der Waals surface area contributed by atoms with Crippen molar-refractivity contribution < 1.29 is 0 Å². The third-order valence-corrected chi connectivity index (χ3v) is 22.0. The minimum Gasteiger partial charge on any atom is -0.0622 e. The van der Waals surface area contributed by atoms with Gasteiger partial charge in [-0.05, 0) is 228 Å².